The second-order valence-corrected chi connectivity index (χ2v) is 4.93. The lowest BCUT2D eigenvalue weighted by Crippen LogP contribution is -1.83. The molecule has 0 unspecified atom stereocenters. The zero-order valence-electron chi connectivity index (χ0n) is 9.84. The summed E-state index contributed by atoms with van der Waals surface area (Å²) < 4.78 is 0. The Morgan fingerprint density at radius 1 is 1.56 bits per heavy atom. The number of rotatable bonds is 4. The molecule has 2 rings (SSSR count). The van der Waals surface area contributed by atoms with Gasteiger partial charge in [0.15, 0.2) is 11.4 Å². The Labute approximate surface area is 108 Å². The fourth-order valence-electron chi connectivity index (χ4n) is 1.58. The summed E-state index contributed by atoms with van der Waals surface area (Å²) in [6, 6.07) is 1.90. The van der Waals surface area contributed by atoms with Crippen LogP contribution in [-0.4, -0.2) is 27.1 Å². The van der Waals surface area contributed by atoms with Gasteiger partial charge in [-0.2, -0.15) is 0 Å². The molecule has 0 aliphatic rings. The van der Waals surface area contributed by atoms with Gasteiger partial charge >= 0.3 is 0 Å². The third kappa shape index (κ3) is 2.87. The molecule has 2 aromatic rings. The number of hydrogen-bond acceptors (Lipinski definition) is 4. The summed E-state index contributed by atoms with van der Waals surface area (Å²) in [5.41, 5.74) is 2.22. The van der Waals surface area contributed by atoms with Crippen molar-refractivity contribution in [3.63, 3.8) is 0 Å². The van der Waals surface area contributed by atoms with Crippen molar-refractivity contribution in [3.05, 3.63) is 35.7 Å². The summed E-state index contributed by atoms with van der Waals surface area (Å²) in [5, 5.41) is 0.911. The lowest BCUT2D eigenvalue weighted by Gasteiger charge is -1.95. The largest absolute Gasteiger partial charge is 0.345 e. The number of carbonyl (C=O) groups excluding carboxylic acids is 2. The van der Waals surface area contributed by atoms with Crippen LogP contribution < -0.4 is 0 Å². The van der Waals surface area contributed by atoms with E-state index in [-0.39, 0.29) is 5.12 Å². The number of fused-ring (bicyclic) bond motifs is 1. The summed E-state index contributed by atoms with van der Waals surface area (Å²) in [4.78, 5) is 28.7. The first-order valence-electron chi connectivity index (χ1n) is 5.43. The molecule has 0 fully saturated rings. The molecule has 2 aromatic heterocycles. The van der Waals surface area contributed by atoms with Crippen molar-refractivity contribution >= 4 is 40.3 Å². The monoisotopic (exact) mass is 260 g/mol. The van der Waals surface area contributed by atoms with Crippen LogP contribution in [0.1, 0.15) is 22.8 Å². The summed E-state index contributed by atoms with van der Waals surface area (Å²) in [6.07, 6.45) is 7.97. The summed E-state index contributed by atoms with van der Waals surface area (Å²) in [5.74, 6) is 0.640. The molecule has 0 saturated heterocycles. The van der Waals surface area contributed by atoms with Crippen molar-refractivity contribution in [2.24, 2.45) is 0 Å². The standard InChI is InChI=1S/C13H12N2O2S/c1-9(17)18-4-2-3-10-5-12-11(8-16)7-15-13(12)14-6-10/h2-3,5-8H,4H2,1H3,(H,14,15). The lowest BCUT2D eigenvalue weighted by molar-refractivity contribution is -0.109. The summed E-state index contributed by atoms with van der Waals surface area (Å²) in [6.45, 7) is 1.54. The Hall–Kier alpha value is -1.88. The highest BCUT2D eigenvalue weighted by Gasteiger charge is 2.03. The van der Waals surface area contributed by atoms with E-state index in [1.807, 2.05) is 18.2 Å². The van der Waals surface area contributed by atoms with Gasteiger partial charge < -0.3 is 4.98 Å². The maximum atomic E-state index is 10.8. The molecular weight excluding hydrogens is 248 g/mol. The van der Waals surface area contributed by atoms with Crippen molar-refractivity contribution in [2.45, 2.75) is 6.92 Å². The smallest absolute Gasteiger partial charge is 0.186 e. The van der Waals surface area contributed by atoms with E-state index in [9.17, 15) is 9.59 Å². The molecule has 0 saturated carbocycles. The molecule has 92 valence electrons. The zero-order chi connectivity index (χ0) is 13.0. The molecule has 0 amide bonds. The maximum absolute atomic E-state index is 10.8. The van der Waals surface area contributed by atoms with Gasteiger partial charge in [0.1, 0.15) is 5.65 Å². The molecule has 0 spiro atoms. The first kappa shape index (κ1) is 12.6. The molecule has 0 aliphatic carbocycles. The lowest BCUT2D eigenvalue weighted by atomic mass is 10.2. The predicted octanol–water partition coefficient (Wildman–Crippen LogP) is 2.67. The van der Waals surface area contributed by atoms with Crippen molar-refractivity contribution in [1.82, 2.24) is 9.97 Å². The van der Waals surface area contributed by atoms with E-state index < -0.39 is 0 Å². The van der Waals surface area contributed by atoms with E-state index in [4.69, 9.17) is 0 Å². The van der Waals surface area contributed by atoms with E-state index in [2.05, 4.69) is 9.97 Å². The van der Waals surface area contributed by atoms with Gasteiger partial charge in [0, 0.05) is 36.0 Å². The number of H-pyrrole nitrogens is 1. The minimum atomic E-state index is 0.0992. The third-order valence-electron chi connectivity index (χ3n) is 2.40. The Kier molecular flexibility index (Phi) is 3.94. The van der Waals surface area contributed by atoms with Crippen LogP contribution in [0, 0.1) is 0 Å². The number of aldehydes is 1. The highest BCUT2D eigenvalue weighted by atomic mass is 32.2. The SMILES string of the molecule is CC(=O)SCC=Cc1cnc2[nH]cc(C=O)c2c1. The molecule has 0 aromatic carbocycles. The van der Waals surface area contributed by atoms with E-state index in [0.717, 1.165) is 17.2 Å². The van der Waals surface area contributed by atoms with Gasteiger partial charge in [-0.05, 0) is 11.6 Å². The van der Waals surface area contributed by atoms with Crippen LogP contribution in [0.3, 0.4) is 0 Å². The van der Waals surface area contributed by atoms with Gasteiger partial charge in [0.05, 0.1) is 0 Å². The van der Waals surface area contributed by atoms with Crippen LogP contribution in [0.4, 0.5) is 0 Å². The quantitative estimate of drug-likeness (QED) is 0.858. The fraction of sp³-hybridized carbons (Fsp3) is 0.154. The van der Waals surface area contributed by atoms with E-state index in [1.165, 1.54) is 11.8 Å². The molecule has 0 bridgehead atoms. The van der Waals surface area contributed by atoms with Gasteiger partial charge in [-0.15, -0.1) is 0 Å². The zero-order valence-corrected chi connectivity index (χ0v) is 10.7. The number of carbonyl (C=O) groups is 2. The molecular formula is C13H12N2O2S. The Bertz CT molecular complexity index is 616. The van der Waals surface area contributed by atoms with Crippen LogP contribution in [0.5, 0.6) is 0 Å². The number of aromatic nitrogens is 2. The fourth-order valence-corrected chi connectivity index (χ4v) is 2.01. The third-order valence-corrected chi connectivity index (χ3v) is 3.17. The Balaban J connectivity index is 2.18. The van der Waals surface area contributed by atoms with Crippen LogP contribution in [0.15, 0.2) is 24.5 Å². The predicted molar refractivity (Wildman–Crippen MR) is 73.7 cm³/mol. The summed E-state index contributed by atoms with van der Waals surface area (Å²) >= 11 is 1.26. The van der Waals surface area contributed by atoms with Gasteiger partial charge in [-0.1, -0.05) is 23.9 Å². The molecule has 1 N–H and O–H groups in total. The van der Waals surface area contributed by atoms with Gasteiger partial charge in [0.2, 0.25) is 0 Å². The molecule has 18 heavy (non-hydrogen) atoms. The average Bonchev–Trinajstić information content (AvgIpc) is 2.76. The van der Waals surface area contributed by atoms with Crippen LogP contribution >= 0.6 is 11.8 Å². The highest BCUT2D eigenvalue weighted by molar-refractivity contribution is 8.13. The Morgan fingerprint density at radius 3 is 3.11 bits per heavy atom. The minimum absolute atomic E-state index is 0.0992. The number of thioether (sulfide) groups is 1. The Morgan fingerprint density at radius 2 is 2.39 bits per heavy atom. The summed E-state index contributed by atoms with van der Waals surface area (Å²) in [7, 11) is 0. The molecule has 2 heterocycles. The number of pyridine rings is 1. The highest BCUT2D eigenvalue weighted by Crippen LogP contribution is 2.17. The molecule has 5 heteroatoms. The molecule has 0 radical (unpaired) electrons. The van der Waals surface area contributed by atoms with Crippen LogP contribution in [-0.2, 0) is 4.79 Å². The van der Waals surface area contributed by atoms with E-state index in [1.54, 1.807) is 19.3 Å². The van der Waals surface area contributed by atoms with Crippen LogP contribution in [0.25, 0.3) is 17.1 Å². The normalized spacial score (nSPS) is 11.2. The number of nitrogens with one attached hydrogen (secondary N) is 1. The topological polar surface area (TPSA) is 62.8 Å². The number of aromatic amines is 1. The molecule has 0 atom stereocenters. The second kappa shape index (κ2) is 5.64. The number of nitrogens with zero attached hydrogens (tertiary/aromatic N) is 1. The van der Waals surface area contributed by atoms with E-state index >= 15 is 0 Å². The van der Waals surface area contributed by atoms with Crippen LogP contribution in [0.2, 0.25) is 0 Å². The van der Waals surface area contributed by atoms with Crippen molar-refractivity contribution in [2.75, 3.05) is 5.75 Å². The van der Waals surface area contributed by atoms with Crippen molar-refractivity contribution in [3.8, 4) is 0 Å². The van der Waals surface area contributed by atoms with Crippen molar-refractivity contribution in [1.29, 1.82) is 0 Å². The van der Waals surface area contributed by atoms with Crippen molar-refractivity contribution < 1.29 is 9.59 Å². The first-order valence-corrected chi connectivity index (χ1v) is 6.41. The van der Waals surface area contributed by atoms with E-state index in [0.29, 0.717) is 17.0 Å². The van der Waals surface area contributed by atoms with Gasteiger partial charge in [-0.25, -0.2) is 4.98 Å². The second-order valence-electron chi connectivity index (χ2n) is 3.73. The molecule has 0 aliphatic heterocycles. The minimum Gasteiger partial charge on any atom is -0.345 e. The maximum Gasteiger partial charge on any atom is 0.186 e. The molecule has 4 nitrogen and oxygen atoms in total. The van der Waals surface area contributed by atoms with Gasteiger partial charge in [0.25, 0.3) is 0 Å². The first-order chi connectivity index (χ1) is 8.70. The number of hydrogen-bond donors (Lipinski definition) is 1. The van der Waals surface area contributed by atoms with Gasteiger partial charge in [-0.3, -0.25) is 9.59 Å². The average molecular weight is 260 g/mol.